The quantitative estimate of drug-likeness (QED) is 0.610. The molecule has 1 aromatic rings. The standard InChI is InChI=1S/C14H20N2O4/c1-20-14-6-5-13(16(18)19)9-11(14)10-15(7-8-17)12-3-2-4-12/h5-6,9,12,17H,2-4,7-8,10H2,1H3. The summed E-state index contributed by atoms with van der Waals surface area (Å²) in [6.07, 6.45) is 3.45. The number of methoxy groups -OCH3 is 1. The largest absolute Gasteiger partial charge is 0.496 e. The molecule has 6 nitrogen and oxygen atoms in total. The first-order valence-electron chi connectivity index (χ1n) is 6.82. The third-order valence-electron chi connectivity index (χ3n) is 3.83. The van der Waals surface area contributed by atoms with Crippen LogP contribution >= 0.6 is 0 Å². The minimum Gasteiger partial charge on any atom is -0.496 e. The highest BCUT2D eigenvalue weighted by atomic mass is 16.6. The van der Waals surface area contributed by atoms with E-state index < -0.39 is 4.92 Å². The fraction of sp³-hybridized carbons (Fsp3) is 0.571. The Hall–Kier alpha value is -1.66. The van der Waals surface area contributed by atoms with E-state index in [1.54, 1.807) is 19.2 Å². The molecule has 0 saturated heterocycles. The van der Waals surface area contributed by atoms with Gasteiger partial charge in [0.25, 0.3) is 5.69 Å². The van der Waals surface area contributed by atoms with Gasteiger partial charge in [0.1, 0.15) is 5.75 Å². The van der Waals surface area contributed by atoms with Gasteiger partial charge in [-0.05, 0) is 18.9 Å². The molecule has 0 spiro atoms. The Morgan fingerprint density at radius 2 is 2.25 bits per heavy atom. The van der Waals surface area contributed by atoms with Crippen molar-refractivity contribution in [3.05, 3.63) is 33.9 Å². The summed E-state index contributed by atoms with van der Waals surface area (Å²) in [6, 6.07) is 5.10. The van der Waals surface area contributed by atoms with Gasteiger partial charge in [-0.2, -0.15) is 0 Å². The van der Waals surface area contributed by atoms with Crippen molar-refractivity contribution in [3.8, 4) is 5.75 Å². The Morgan fingerprint density at radius 1 is 1.50 bits per heavy atom. The molecule has 2 rings (SSSR count). The Morgan fingerprint density at radius 3 is 2.75 bits per heavy atom. The number of nitro groups is 1. The summed E-state index contributed by atoms with van der Waals surface area (Å²) in [5.74, 6) is 0.651. The number of rotatable bonds is 7. The highest BCUT2D eigenvalue weighted by Crippen LogP contribution is 2.30. The molecule has 1 aliphatic rings. The molecule has 1 fully saturated rings. The van der Waals surface area contributed by atoms with E-state index in [0.29, 0.717) is 24.9 Å². The number of nitro benzene ring substituents is 1. The van der Waals surface area contributed by atoms with Gasteiger partial charge < -0.3 is 9.84 Å². The summed E-state index contributed by atoms with van der Waals surface area (Å²) in [5.41, 5.74) is 0.861. The molecule has 0 bridgehead atoms. The molecule has 1 aliphatic carbocycles. The smallest absolute Gasteiger partial charge is 0.270 e. The van der Waals surface area contributed by atoms with E-state index in [-0.39, 0.29) is 12.3 Å². The van der Waals surface area contributed by atoms with Crippen molar-refractivity contribution < 1.29 is 14.8 Å². The lowest BCUT2D eigenvalue weighted by Gasteiger charge is -2.37. The van der Waals surface area contributed by atoms with Gasteiger partial charge in [0.05, 0.1) is 18.6 Å². The van der Waals surface area contributed by atoms with Gasteiger partial charge >= 0.3 is 0 Å². The Balaban J connectivity index is 2.19. The maximum Gasteiger partial charge on any atom is 0.270 e. The van der Waals surface area contributed by atoms with Crippen LogP contribution in [0.5, 0.6) is 5.75 Å². The predicted molar refractivity (Wildman–Crippen MR) is 74.8 cm³/mol. The minimum absolute atomic E-state index is 0.0679. The fourth-order valence-corrected chi connectivity index (χ4v) is 2.49. The zero-order valence-corrected chi connectivity index (χ0v) is 11.6. The molecule has 0 aromatic heterocycles. The molecule has 1 aromatic carbocycles. The van der Waals surface area contributed by atoms with Crippen molar-refractivity contribution in [3.63, 3.8) is 0 Å². The lowest BCUT2D eigenvalue weighted by molar-refractivity contribution is -0.385. The molecule has 0 heterocycles. The topological polar surface area (TPSA) is 75.8 Å². The first-order chi connectivity index (χ1) is 9.65. The SMILES string of the molecule is COc1ccc([N+](=O)[O-])cc1CN(CCO)C1CCC1. The summed E-state index contributed by atoms with van der Waals surface area (Å²) in [7, 11) is 1.56. The average Bonchev–Trinajstić information content (AvgIpc) is 2.36. The molecular weight excluding hydrogens is 260 g/mol. The average molecular weight is 280 g/mol. The molecule has 1 N–H and O–H groups in total. The summed E-state index contributed by atoms with van der Waals surface area (Å²) in [6.45, 7) is 1.24. The maximum absolute atomic E-state index is 10.9. The normalized spacial score (nSPS) is 15.2. The van der Waals surface area contributed by atoms with E-state index >= 15 is 0 Å². The van der Waals surface area contributed by atoms with E-state index in [1.165, 1.54) is 12.5 Å². The van der Waals surface area contributed by atoms with Crippen LogP contribution in [0, 0.1) is 10.1 Å². The van der Waals surface area contributed by atoms with Crippen molar-refractivity contribution in [2.45, 2.75) is 31.8 Å². The number of benzene rings is 1. The molecule has 6 heteroatoms. The van der Waals surface area contributed by atoms with Gasteiger partial charge in [0.15, 0.2) is 0 Å². The second kappa shape index (κ2) is 6.67. The summed E-state index contributed by atoms with van der Waals surface area (Å²) in [4.78, 5) is 12.6. The van der Waals surface area contributed by atoms with Crippen LogP contribution < -0.4 is 4.74 Å². The third-order valence-corrected chi connectivity index (χ3v) is 3.83. The van der Waals surface area contributed by atoms with Crippen LogP contribution in [-0.4, -0.2) is 41.2 Å². The molecule has 110 valence electrons. The number of aliphatic hydroxyl groups excluding tert-OH is 1. The van der Waals surface area contributed by atoms with Crippen LogP contribution in [0.25, 0.3) is 0 Å². The number of aliphatic hydroxyl groups is 1. The molecule has 20 heavy (non-hydrogen) atoms. The van der Waals surface area contributed by atoms with Gasteiger partial charge in [-0.3, -0.25) is 15.0 Å². The lowest BCUT2D eigenvalue weighted by atomic mass is 9.91. The highest BCUT2D eigenvalue weighted by molar-refractivity contribution is 5.43. The number of non-ortho nitro benzene ring substituents is 1. The molecular formula is C14H20N2O4. The number of hydrogen-bond donors (Lipinski definition) is 1. The van der Waals surface area contributed by atoms with E-state index in [1.807, 2.05) is 0 Å². The summed E-state index contributed by atoms with van der Waals surface area (Å²) < 4.78 is 5.28. The van der Waals surface area contributed by atoms with Crippen LogP contribution in [0.2, 0.25) is 0 Å². The van der Waals surface area contributed by atoms with Crippen molar-refractivity contribution in [1.82, 2.24) is 4.90 Å². The van der Waals surface area contributed by atoms with Crippen molar-refractivity contribution in [2.24, 2.45) is 0 Å². The first kappa shape index (κ1) is 14.7. The molecule has 0 aliphatic heterocycles. The molecule has 0 radical (unpaired) electrons. The summed E-state index contributed by atoms with van der Waals surface area (Å²) in [5, 5.41) is 20.0. The zero-order valence-electron chi connectivity index (χ0n) is 11.6. The van der Waals surface area contributed by atoms with E-state index in [9.17, 15) is 15.2 Å². The lowest BCUT2D eigenvalue weighted by Crippen LogP contribution is -2.41. The van der Waals surface area contributed by atoms with Crippen molar-refractivity contribution >= 4 is 5.69 Å². The van der Waals surface area contributed by atoms with Gasteiger partial charge in [0.2, 0.25) is 0 Å². The molecule has 0 unspecified atom stereocenters. The zero-order chi connectivity index (χ0) is 14.5. The molecule has 0 atom stereocenters. The van der Waals surface area contributed by atoms with Gasteiger partial charge in [0, 0.05) is 36.8 Å². The van der Waals surface area contributed by atoms with Gasteiger partial charge in [-0.15, -0.1) is 0 Å². The monoisotopic (exact) mass is 280 g/mol. The number of nitrogens with zero attached hydrogens (tertiary/aromatic N) is 2. The minimum atomic E-state index is -0.400. The molecule has 1 saturated carbocycles. The van der Waals surface area contributed by atoms with Gasteiger partial charge in [-0.1, -0.05) is 6.42 Å². The van der Waals surface area contributed by atoms with Crippen LogP contribution in [0.15, 0.2) is 18.2 Å². The second-order valence-corrected chi connectivity index (χ2v) is 5.03. The van der Waals surface area contributed by atoms with Gasteiger partial charge in [-0.25, -0.2) is 0 Å². The molecule has 0 amide bonds. The Labute approximate surface area is 118 Å². The first-order valence-corrected chi connectivity index (χ1v) is 6.82. The Bertz CT molecular complexity index is 474. The third kappa shape index (κ3) is 3.26. The van der Waals surface area contributed by atoms with Crippen LogP contribution in [0.3, 0.4) is 0 Å². The number of hydrogen-bond acceptors (Lipinski definition) is 5. The highest BCUT2D eigenvalue weighted by Gasteiger charge is 2.25. The predicted octanol–water partition coefficient (Wildman–Crippen LogP) is 1.95. The van der Waals surface area contributed by atoms with E-state index in [4.69, 9.17) is 4.74 Å². The van der Waals surface area contributed by atoms with Crippen molar-refractivity contribution in [1.29, 1.82) is 0 Å². The van der Waals surface area contributed by atoms with Crippen LogP contribution in [0.1, 0.15) is 24.8 Å². The number of ether oxygens (including phenoxy) is 1. The second-order valence-electron chi connectivity index (χ2n) is 5.03. The fourth-order valence-electron chi connectivity index (χ4n) is 2.49. The van der Waals surface area contributed by atoms with Crippen LogP contribution in [-0.2, 0) is 6.54 Å². The van der Waals surface area contributed by atoms with E-state index in [0.717, 1.165) is 18.4 Å². The van der Waals surface area contributed by atoms with Crippen LogP contribution in [0.4, 0.5) is 5.69 Å². The maximum atomic E-state index is 10.9. The van der Waals surface area contributed by atoms with Crippen molar-refractivity contribution in [2.75, 3.05) is 20.3 Å². The van der Waals surface area contributed by atoms with E-state index in [2.05, 4.69) is 4.90 Å². The summed E-state index contributed by atoms with van der Waals surface area (Å²) >= 11 is 0. The Kier molecular flexibility index (Phi) is 4.92.